The highest BCUT2D eigenvalue weighted by Gasteiger charge is 2.67. The fourth-order valence-electron chi connectivity index (χ4n) is 6.28. The highest BCUT2D eigenvalue weighted by Crippen LogP contribution is 2.72. The van der Waals surface area contributed by atoms with Gasteiger partial charge in [-0.2, -0.15) is 0 Å². The van der Waals surface area contributed by atoms with Crippen LogP contribution in [0.3, 0.4) is 0 Å². The molecule has 5 atom stereocenters. The molecule has 1 aliphatic heterocycles. The van der Waals surface area contributed by atoms with Crippen molar-refractivity contribution in [3.63, 3.8) is 0 Å². The van der Waals surface area contributed by atoms with Crippen molar-refractivity contribution in [2.75, 3.05) is 37.6 Å². The monoisotopic (exact) mass is 364 g/mol. The Morgan fingerprint density at radius 3 is 2.41 bits per heavy atom. The first-order chi connectivity index (χ1) is 13.4. The zero-order chi connectivity index (χ0) is 17.8. The topological polar surface area (TPSA) is 45.4 Å². The predicted molar refractivity (Wildman–Crippen MR) is 104 cm³/mol. The van der Waals surface area contributed by atoms with Crippen molar-refractivity contribution in [3.8, 4) is 0 Å². The zero-order valence-corrected chi connectivity index (χ0v) is 15.8. The Balaban J connectivity index is 1.01. The van der Waals surface area contributed by atoms with Crippen LogP contribution in [0, 0.1) is 23.7 Å². The Morgan fingerprint density at radius 1 is 0.926 bits per heavy atom. The molecule has 1 aromatic heterocycles. The van der Waals surface area contributed by atoms with Gasteiger partial charge in [0.2, 0.25) is 11.8 Å². The van der Waals surface area contributed by atoms with Crippen LogP contribution in [-0.4, -0.2) is 47.8 Å². The smallest absolute Gasteiger partial charge is 0.220 e. The summed E-state index contributed by atoms with van der Waals surface area (Å²) < 4.78 is 6.09. The number of nitrogens with zero attached hydrogens (tertiary/aromatic N) is 4. The second-order valence-electron chi connectivity index (χ2n) is 8.96. The van der Waals surface area contributed by atoms with Crippen molar-refractivity contribution in [2.45, 2.75) is 31.6 Å². The number of piperazine rings is 1. The highest BCUT2D eigenvalue weighted by molar-refractivity contribution is 5.46. The highest BCUT2D eigenvalue weighted by atomic mass is 16.4. The lowest BCUT2D eigenvalue weighted by atomic mass is 10.0. The quantitative estimate of drug-likeness (QED) is 0.815. The van der Waals surface area contributed by atoms with Crippen molar-refractivity contribution in [2.24, 2.45) is 23.7 Å². The number of aromatic nitrogens is 2. The van der Waals surface area contributed by atoms with Crippen molar-refractivity contribution in [1.82, 2.24) is 15.1 Å². The first-order valence-electron chi connectivity index (χ1n) is 10.7. The van der Waals surface area contributed by atoms with Crippen molar-refractivity contribution >= 4 is 5.69 Å². The lowest BCUT2D eigenvalue weighted by Crippen LogP contribution is -2.47. The second kappa shape index (κ2) is 6.33. The fourth-order valence-corrected chi connectivity index (χ4v) is 6.28. The standard InChI is InChI=1S/C22H28N4O/c1-2-4-17(5-3-1)26-12-10-25(11-13-26)9-8-18-23-24-22(27-18)21-19-15-6-7-16(14-15)20(19)21/h1-5,15-16,19-21H,6-14H2/t15-,16+,19+,20-,21?. The maximum absolute atomic E-state index is 6.09. The summed E-state index contributed by atoms with van der Waals surface area (Å²) in [4.78, 5) is 5.00. The van der Waals surface area contributed by atoms with Gasteiger partial charge in [-0.05, 0) is 55.1 Å². The van der Waals surface area contributed by atoms with Gasteiger partial charge in [-0.3, -0.25) is 4.90 Å². The van der Waals surface area contributed by atoms with Gasteiger partial charge in [-0.1, -0.05) is 18.2 Å². The van der Waals surface area contributed by atoms with Crippen molar-refractivity contribution in [1.29, 1.82) is 0 Å². The molecule has 3 saturated carbocycles. The molecule has 1 unspecified atom stereocenters. The molecular weight excluding hydrogens is 336 g/mol. The molecule has 0 spiro atoms. The average molecular weight is 364 g/mol. The van der Waals surface area contributed by atoms with Gasteiger partial charge in [0.05, 0.1) is 0 Å². The van der Waals surface area contributed by atoms with Gasteiger partial charge in [0.1, 0.15) is 0 Å². The molecular formula is C22H28N4O. The minimum atomic E-state index is 0.604. The molecule has 1 saturated heterocycles. The van der Waals surface area contributed by atoms with Crippen molar-refractivity contribution < 1.29 is 4.42 Å². The Hall–Kier alpha value is -1.88. The van der Waals surface area contributed by atoms with Gasteiger partial charge in [0.15, 0.2) is 0 Å². The number of benzene rings is 1. The van der Waals surface area contributed by atoms with Gasteiger partial charge in [0, 0.05) is 50.7 Å². The Kier molecular flexibility index (Phi) is 3.78. The number of rotatable bonds is 5. The molecule has 0 amide bonds. The summed E-state index contributed by atoms with van der Waals surface area (Å²) in [6.45, 7) is 5.41. The van der Waals surface area contributed by atoms with Crippen LogP contribution in [0.2, 0.25) is 0 Å². The summed E-state index contributed by atoms with van der Waals surface area (Å²) in [5.41, 5.74) is 1.34. The van der Waals surface area contributed by atoms with Crippen LogP contribution in [0.15, 0.2) is 34.7 Å². The number of anilines is 1. The molecule has 4 aliphatic rings. The number of hydrogen-bond donors (Lipinski definition) is 0. The third kappa shape index (κ3) is 2.78. The number of fused-ring (bicyclic) bond motifs is 5. The minimum absolute atomic E-state index is 0.604. The third-order valence-corrected chi connectivity index (χ3v) is 7.64. The molecule has 3 aliphatic carbocycles. The van der Waals surface area contributed by atoms with E-state index in [9.17, 15) is 0 Å². The summed E-state index contributed by atoms with van der Waals surface area (Å²) in [6, 6.07) is 10.7. The summed E-state index contributed by atoms with van der Waals surface area (Å²) >= 11 is 0. The van der Waals surface area contributed by atoms with Gasteiger partial charge >= 0.3 is 0 Å². The van der Waals surface area contributed by atoms with E-state index in [1.54, 1.807) is 0 Å². The van der Waals surface area contributed by atoms with Gasteiger partial charge < -0.3 is 9.32 Å². The van der Waals surface area contributed by atoms with E-state index in [2.05, 4.69) is 50.3 Å². The lowest BCUT2D eigenvalue weighted by Gasteiger charge is -2.35. The number of para-hydroxylation sites is 1. The molecule has 142 valence electrons. The molecule has 5 nitrogen and oxygen atoms in total. The first-order valence-corrected chi connectivity index (χ1v) is 10.7. The molecule has 2 aromatic rings. The van der Waals surface area contributed by atoms with Gasteiger partial charge in [0.25, 0.3) is 0 Å². The van der Waals surface area contributed by atoms with Crippen LogP contribution < -0.4 is 4.90 Å². The van der Waals surface area contributed by atoms with Crippen LogP contribution in [0.25, 0.3) is 0 Å². The van der Waals surface area contributed by atoms with Crippen LogP contribution in [0.4, 0.5) is 5.69 Å². The second-order valence-corrected chi connectivity index (χ2v) is 8.96. The maximum Gasteiger partial charge on any atom is 0.220 e. The lowest BCUT2D eigenvalue weighted by molar-refractivity contribution is 0.252. The molecule has 2 heterocycles. The summed E-state index contributed by atoms with van der Waals surface area (Å²) in [5, 5.41) is 8.80. The zero-order valence-electron chi connectivity index (χ0n) is 15.8. The Labute approximate surface area is 160 Å². The van der Waals surface area contributed by atoms with Gasteiger partial charge in [-0.15, -0.1) is 10.2 Å². The normalized spacial score (nSPS) is 34.8. The van der Waals surface area contributed by atoms with Crippen LogP contribution in [0.1, 0.15) is 37.0 Å². The third-order valence-electron chi connectivity index (χ3n) is 7.64. The van der Waals surface area contributed by atoms with Crippen LogP contribution in [0.5, 0.6) is 0 Å². The molecule has 27 heavy (non-hydrogen) atoms. The number of hydrogen-bond acceptors (Lipinski definition) is 5. The molecule has 0 radical (unpaired) electrons. The largest absolute Gasteiger partial charge is 0.425 e. The van der Waals surface area contributed by atoms with Crippen molar-refractivity contribution in [3.05, 3.63) is 42.1 Å². The average Bonchev–Trinajstić information content (AvgIpc) is 3.08. The van der Waals surface area contributed by atoms with E-state index < -0.39 is 0 Å². The molecule has 6 rings (SSSR count). The molecule has 2 bridgehead atoms. The molecule has 5 heteroatoms. The van der Waals surface area contributed by atoms with E-state index >= 15 is 0 Å². The summed E-state index contributed by atoms with van der Waals surface area (Å²) in [5.74, 6) is 6.07. The molecule has 1 aromatic carbocycles. The van der Waals surface area contributed by atoms with E-state index in [1.807, 2.05) is 0 Å². The first kappa shape index (κ1) is 16.1. The van der Waals surface area contributed by atoms with E-state index in [0.29, 0.717) is 5.92 Å². The molecule has 4 fully saturated rings. The fraction of sp³-hybridized carbons (Fsp3) is 0.636. The summed E-state index contributed by atoms with van der Waals surface area (Å²) in [6.07, 6.45) is 5.24. The summed E-state index contributed by atoms with van der Waals surface area (Å²) in [7, 11) is 0. The van der Waals surface area contributed by atoms with E-state index in [0.717, 1.165) is 74.6 Å². The molecule has 0 N–H and O–H groups in total. The van der Waals surface area contributed by atoms with E-state index in [1.165, 1.54) is 24.9 Å². The Bertz CT molecular complexity index is 782. The van der Waals surface area contributed by atoms with Crippen LogP contribution >= 0.6 is 0 Å². The van der Waals surface area contributed by atoms with Gasteiger partial charge in [-0.25, -0.2) is 0 Å². The Morgan fingerprint density at radius 2 is 1.67 bits per heavy atom. The van der Waals surface area contributed by atoms with Crippen LogP contribution in [-0.2, 0) is 6.42 Å². The minimum Gasteiger partial charge on any atom is -0.425 e. The van der Waals surface area contributed by atoms with E-state index in [4.69, 9.17) is 4.42 Å². The SMILES string of the molecule is c1ccc(N2CCN(CCc3nnc(C4[C@@H]5[C@H]6CC[C@H](C6)[C@H]45)o3)CC2)cc1. The maximum atomic E-state index is 6.09. The predicted octanol–water partition coefficient (Wildman–Crippen LogP) is 3.19. The van der Waals surface area contributed by atoms with E-state index in [-0.39, 0.29) is 0 Å².